The number of Topliss-reactive ketones (excluding diaryl/α,β-unsaturated/α-hetero) is 1. The van der Waals surface area contributed by atoms with Gasteiger partial charge in [-0.3, -0.25) is 14.5 Å². The van der Waals surface area contributed by atoms with Crippen molar-refractivity contribution in [1.82, 2.24) is 14.8 Å². The van der Waals surface area contributed by atoms with Gasteiger partial charge in [0.15, 0.2) is 11.6 Å². The van der Waals surface area contributed by atoms with Gasteiger partial charge in [0.25, 0.3) is 0 Å². The molecule has 0 amide bonds. The van der Waals surface area contributed by atoms with Crippen LogP contribution in [0.2, 0.25) is 0 Å². The molecule has 2 aromatic heterocycles. The van der Waals surface area contributed by atoms with Crippen LogP contribution < -0.4 is 4.74 Å². The summed E-state index contributed by atoms with van der Waals surface area (Å²) in [5.41, 5.74) is 4.56. The Balaban J connectivity index is 1.62. The van der Waals surface area contributed by atoms with Gasteiger partial charge < -0.3 is 4.74 Å². The second kappa shape index (κ2) is 10.2. The van der Waals surface area contributed by atoms with E-state index in [2.05, 4.69) is 4.98 Å². The third-order valence-electron chi connectivity index (χ3n) is 5.57. The fourth-order valence-corrected chi connectivity index (χ4v) is 3.75. The number of hydrogen-bond donors (Lipinski definition) is 0. The molecule has 0 bridgehead atoms. The topological polar surface area (TPSA) is 57.0 Å². The second-order valence-electron chi connectivity index (χ2n) is 7.92. The molecular weight excluding hydrogens is 417 g/mol. The van der Waals surface area contributed by atoms with Crippen LogP contribution >= 0.6 is 0 Å². The van der Waals surface area contributed by atoms with E-state index in [0.29, 0.717) is 30.8 Å². The molecule has 0 N–H and O–H groups in total. The second-order valence-corrected chi connectivity index (χ2v) is 7.92. The van der Waals surface area contributed by atoms with Crippen molar-refractivity contribution in [2.75, 3.05) is 7.11 Å². The van der Waals surface area contributed by atoms with E-state index < -0.39 is 5.82 Å². The smallest absolute Gasteiger partial charge is 0.171 e. The molecule has 2 heterocycles. The number of carbonyl (C=O) groups excluding carboxylic acids is 1. The van der Waals surface area contributed by atoms with Gasteiger partial charge in [-0.15, -0.1) is 0 Å². The predicted molar refractivity (Wildman–Crippen MR) is 125 cm³/mol. The number of benzene rings is 2. The van der Waals surface area contributed by atoms with Crippen molar-refractivity contribution in [2.24, 2.45) is 0 Å². The number of hydrogen-bond acceptors (Lipinski definition) is 4. The Morgan fingerprint density at radius 2 is 1.82 bits per heavy atom. The van der Waals surface area contributed by atoms with Crippen LogP contribution in [0.4, 0.5) is 4.39 Å². The summed E-state index contributed by atoms with van der Waals surface area (Å²) >= 11 is 0. The van der Waals surface area contributed by atoms with E-state index in [9.17, 15) is 9.18 Å². The molecule has 6 heteroatoms. The molecule has 0 aliphatic carbocycles. The fraction of sp³-hybridized carbons (Fsp3) is 0.222. The number of rotatable bonds is 9. The summed E-state index contributed by atoms with van der Waals surface area (Å²) in [6.07, 6.45) is 4.41. The third kappa shape index (κ3) is 5.52. The van der Waals surface area contributed by atoms with Crippen LogP contribution in [0.1, 0.15) is 45.4 Å². The number of pyridine rings is 1. The van der Waals surface area contributed by atoms with Crippen LogP contribution in [-0.2, 0) is 25.8 Å². The van der Waals surface area contributed by atoms with E-state index in [1.807, 2.05) is 72.4 Å². The minimum Gasteiger partial charge on any atom is -0.497 e. The third-order valence-corrected chi connectivity index (χ3v) is 5.57. The van der Waals surface area contributed by atoms with Crippen molar-refractivity contribution in [3.05, 3.63) is 113 Å². The molecule has 0 fully saturated rings. The van der Waals surface area contributed by atoms with Crippen molar-refractivity contribution in [3.8, 4) is 5.75 Å². The molecule has 0 unspecified atom stereocenters. The van der Waals surface area contributed by atoms with E-state index in [1.54, 1.807) is 13.2 Å². The lowest BCUT2D eigenvalue weighted by Crippen LogP contribution is -2.10. The van der Waals surface area contributed by atoms with E-state index in [-0.39, 0.29) is 17.8 Å². The highest BCUT2D eigenvalue weighted by molar-refractivity contribution is 5.97. The van der Waals surface area contributed by atoms with E-state index in [0.717, 1.165) is 28.6 Å². The summed E-state index contributed by atoms with van der Waals surface area (Å²) < 4.78 is 21.4. The van der Waals surface area contributed by atoms with Gasteiger partial charge in [-0.25, -0.2) is 4.39 Å². The summed E-state index contributed by atoms with van der Waals surface area (Å²) in [4.78, 5) is 17.0. The molecule has 5 nitrogen and oxygen atoms in total. The first-order valence-electron chi connectivity index (χ1n) is 11.0. The number of ketones is 1. The minimum atomic E-state index is -0.598. The van der Waals surface area contributed by atoms with Crippen molar-refractivity contribution < 1.29 is 13.9 Å². The van der Waals surface area contributed by atoms with Crippen molar-refractivity contribution >= 4 is 5.78 Å². The Hall–Kier alpha value is -3.80. The van der Waals surface area contributed by atoms with Crippen LogP contribution in [0.25, 0.3) is 0 Å². The zero-order chi connectivity index (χ0) is 23.2. The maximum Gasteiger partial charge on any atom is 0.171 e. The summed E-state index contributed by atoms with van der Waals surface area (Å²) in [7, 11) is 1.64. The van der Waals surface area contributed by atoms with Crippen molar-refractivity contribution in [3.63, 3.8) is 0 Å². The Kier molecular flexibility index (Phi) is 6.93. The summed E-state index contributed by atoms with van der Waals surface area (Å²) in [6.45, 7) is 2.48. The monoisotopic (exact) mass is 443 g/mol. The van der Waals surface area contributed by atoms with Gasteiger partial charge in [0.1, 0.15) is 5.75 Å². The first-order chi connectivity index (χ1) is 16.1. The molecular formula is C27H26FN3O2. The maximum absolute atomic E-state index is 14.3. The lowest BCUT2D eigenvalue weighted by atomic mass is 10.0. The number of aromatic nitrogens is 3. The van der Waals surface area contributed by atoms with Crippen LogP contribution in [0.15, 0.2) is 73.1 Å². The van der Waals surface area contributed by atoms with Crippen LogP contribution in [0, 0.1) is 5.82 Å². The average molecular weight is 444 g/mol. The SMILES string of the molecule is CCc1cc(C(=O)Cc2nn(Cc3ccc(OC)cc3)cc2Cc2ccccc2)c(F)cn1. The summed E-state index contributed by atoms with van der Waals surface area (Å²) in [5.74, 6) is -0.103. The first kappa shape index (κ1) is 22.4. The number of ether oxygens (including phenoxy) is 1. The van der Waals surface area contributed by atoms with Gasteiger partial charge in [-0.2, -0.15) is 5.10 Å². The highest BCUT2D eigenvalue weighted by atomic mass is 19.1. The van der Waals surface area contributed by atoms with E-state index >= 15 is 0 Å². The molecule has 0 atom stereocenters. The van der Waals surface area contributed by atoms with Crippen LogP contribution in [0.5, 0.6) is 5.75 Å². The Morgan fingerprint density at radius 3 is 2.52 bits per heavy atom. The molecule has 33 heavy (non-hydrogen) atoms. The van der Waals surface area contributed by atoms with Gasteiger partial charge in [-0.1, -0.05) is 49.4 Å². The van der Waals surface area contributed by atoms with Crippen LogP contribution in [-0.4, -0.2) is 27.7 Å². The average Bonchev–Trinajstić information content (AvgIpc) is 3.20. The number of nitrogens with zero attached hydrogens (tertiary/aromatic N) is 3. The first-order valence-corrected chi connectivity index (χ1v) is 11.0. The molecule has 168 valence electrons. The van der Waals surface area contributed by atoms with Gasteiger partial charge >= 0.3 is 0 Å². The van der Waals surface area contributed by atoms with Gasteiger partial charge in [0, 0.05) is 18.3 Å². The molecule has 0 saturated heterocycles. The highest BCUT2D eigenvalue weighted by Crippen LogP contribution is 2.19. The molecule has 2 aromatic carbocycles. The summed E-state index contributed by atoms with van der Waals surface area (Å²) in [5, 5.41) is 4.71. The predicted octanol–water partition coefficient (Wildman–Crippen LogP) is 5.05. The van der Waals surface area contributed by atoms with Crippen molar-refractivity contribution in [2.45, 2.75) is 32.7 Å². The van der Waals surface area contributed by atoms with Crippen molar-refractivity contribution in [1.29, 1.82) is 0 Å². The Labute approximate surface area is 192 Å². The normalized spacial score (nSPS) is 10.9. The number of aryl methyl sites for hydroxylation is 1. The number of methoxy groups -OCH3 is 1. The zero-order valence-electron chi connectivity index (χ0n) is 18.8. The Bertz CT molecular complexity index is 1230. The largest absolute Gasteiger partial charge is 0.497 e. The number of carbonyl (C=O) groups is 1. The molecule has 4 aromatic rings. The fourth-order valence-electron chi connectivity index (χ4n) is 3.75. The lowest BCUT2D eigenvalue weighted by Gasteiger charge is -2.05. The van der Waals surface area contributed by atoms with Gasteiger partial charge in [-0.05, 0) is 41.3 Å². The molecule has 0 aliphatic rings. The molecule has 4 rings (SSSR count). The molecule has 0 aliphatic heterocycles. The van der Waals surface area contributed by atoms with Crippen LogP contribution in [0.3, 0.4) is 0 Å². The maximum atomic E-state index is 14.3. The van der Waals surface area contributed by atoms with Gasteiger partial charge in [0.2, 0.25) is 0 Å². The molecule has 0 spiro atoms. The zero-order valence-corrected chi connectivity index (χ0v) is 18.8. The Morgan fingerprint density at radius 1 is 1.06 bits per heavy atom. The lowest BCUT2D eigenvalue weighted by molar-refractivity contribution is 0.0987. The number of halogens is 1. The molecule has 0 saturated carbocycles. The standard InChI is InChI=1S/C27H26FN3O2/c1-3-22-14-24(25(28)16-29-22)27(32)15-26-21(13-19-7-5-4-6-8-19)18-31(30-26)17-20-9-11-23(33-2)12-10-20/h4-12,14,16,18H,3,13,15,17H2,1-2H3. The quantitative estimate of drug-likeness (QED) is 0.340. The summed E-state index contributed by atoms with van der Waals surface area (Å²) in [6, 6.07) is 19.4. The van der Waals surface area contributed by atoms with Gasteiger partial charge in [0.05, 0.1) is 37.5 Å². The molecule has 0 radical (unpaired) electrons. The van der Waals surface area contributed by atoms with E-state index in [1.165, 1.54) is 0 Å². The van der Waals surface area contributed by atoms with E-state index in [4.69, 9.17) is 9.84 Å². The highest BCUT2D eigenvalue weighted by Gasteiger charge is 2.18. The minimum absolute atomic E-state index is 0.0296.